The first-order valence-corrected chi connectivity index (χ1v) is 9.50. The number of hydrogen-bond donors (Lipinski definition) is 1. The Hall–Kier alpha value is 0.200. The fraction of sp³-hybridized carbons (Fsp3) is 0.941. The lowest BCUT2D eigenvalue weighted by molar-refractivity contribution is -0.268. The molecule has 0 unspecified atom stereocenters. The van der Waals surface area contributed by atoms with Crippen LogP contribution in [-0.2, 0) is 9.53 Å². The molecule has 4 aliphatic rings. The molecule has 4 aliphatic carbocycles. The molecule has 0 heterocycles. The molecule has 4 fully saturated rings. The second-order valence-electron chi connectivity index (χ2n) is 8.59. The van der Waals surface area contributed by atoms with Crippen molar-refractivity contribution in [3.63, 3.8) is 0 Å². The van der Waals surface area contributed by atoms with E-state index < -0.39 is 5.60 Å². The third kappa shape index (κ3) is 1.99. The zero-order valence-electron chi connectivity index (χ0n) is 13.8. The lowest BCUT2D eigenvalue weighted by atomic mass is 9.37. The van der Waals surface area contributed by atoms with E-state index in [1.54, 1.807) is 0 Å². The number of hydrogen-bond acceptors (Lipinski definition) is 3. The van der Waals surface area contributed by atoms with E-state index >= 15 is 0 Å². The van der Waals surface area contributed by atoms with Gasteiger partial charge in [-0.1, -0.05) is 36.7 Å². The Bertz CT molecular complexity index is 510. The first kappa shape index (κ1) is 17.0. The molecule has 2 bridgehead atoms. The minimum atomic E-state index is -0.806. The summed E-state index contributed by atoms with van der Waals surface area (Å²) in [4.78, 5) is 11.5. The number of fused-ring (bicyclic) bond motifs is 2. The Balaban J connectivity index is 2.05. The van der Waals surface area contributed by atoms with E-state index in [2.05, 4.69) is 36.7 Å². The summed E-state index contributed by atoms with van der Waals surface area (Å²) >= 11 is 10.5. The van der Waals surface area contributed by atoms with E-state index in [9.17, 15) is 9.90 Å². The molecule has 1 spiro atoms. The summed E-state index contributed by atoms with van der Waals surface area (Å²) in [6.45, 7) is 8.00. The number of esters is 1. The van der Waals surface area contributed by atoms with Crippen LogP contribution in [0.4, 0.5) is 0 Å². The molecular formula is C17H26BrClO3. The summed E-state index contributed by atoms with van der Waals surface area (Å²) in [5.74, 6) is -0.285. The zero-order valence-corrected chi connectivity index (χ0v) is 16.1. The van der Waals surface area contributed by atoms with Crippen LogP contribution in [0.15, 0.2) is 0 Å². The van der Waals surface area contributed by atoms with Crippen molar-refractivity contribution in [2.45, 2.75) is 81.7 Å². The SMILES string of the molecule is CC(=O)O[C@H]1C[C@]2(O)C[C@]3(C)CC[C@]2(C[C@@H]3Cl)C(C)(C)[C@H]1Br. The molecule has 22 heavy (non-hydrogen) atoms. The van der Waals surface area contributed by atoms with Crippen molar-refractivity contribution in [3.05, 3.63) is 0 Å². The maximum Gasteiger partial charge on any atom is 0.302 e. The highest BCUT2D eigenvalue weighted by Gasteiger charge is 2.73. The van der Waals surface area contributed by atoms with Gasteiger partial charge in [-0.25, -0.2) is 0 Å². The molecular weight excluding hydrogens is 368 g/mol. The van der Waals surface area contributed by atoms with Crippen LogP contribution >= 0.6 is 27.5 Å². The van der Waals surface area contributed by atoms with Gasteiger partial charge in [0.15, 0.2) is 0 Å². The van der Waals surface area contributed by atoms with Crippen LogP contribution in [0.2, 0.25) is 0 Å². The van der Waals surface area contributed by atoms with Gasteiger partial charge in [0.05, 0.1) is 10.4 Å². The van der Waals surface area contributed by atoms with Crippen LogP contribution in [0, 0.1) is 16.2 Å². The quantitative estimate of drug-likeness (QED) is 0.540. The smallest absolute Gasteiger partial charge is 0.302 e. The summed E-state index contributed by atoms with van der Waals surface area (Å²) in [6, 6.07) is 0. The zero-order chi connectivity index (χ0) is 16.6. The van der Waals surface area contributed by atoms with Crippen molar-refractivity contribution in [1.82, 2.24) is 0 Å². The summed E-state index contributed by atoms with van der Waals surface area (Å²) < 4.78 is 5.54. The second-order valence-corrected chi connectivity index (χ2v) is 10.1. The van der Waals surface area contributed by atoms with Crippen molar-refractivity contribution < 1.29 is 14.6 Å². The average molecular weight is 394 g/mol. The maximum absolute atomic E-state index is 11.6. The minimum absolute atomic E-state index is 0.0198. The summed E-state index contributed by atoms with van der Waals surface area (Å²) in [5.41, 5.74) is -1.24. The predicted octanol–water partition coefficient (Wildman–Crippen LogP) is 4.03. The van der Waals surface area contributed by atoms with Crippen molar-refractivity contribution in [1.29, 1.82) is 0 Å². The number of alkyl halides is 2. The topological polar surface area (TPSA) is 46.5 Å². The van der Waals surface area contributed by atoms with E-state index in [0.29, 0.717) is 12.8 Å². The van der Waals surface area contributed by atoms with Gasteiger partial charge in [-0.3, -0.25) is 4.79 Å². The van der Waals surface area contributed by atoms with Gasteiger partial charge in [0.1, 0.15) is 6.10 Å². The van der Waals surface area contributed by atoms with Crippen LogP contribution in [0.5, 0.6) is 0 Å². The van der Waals surface area contributed by atoms with Crippen LogP contribution in [-0.4, -0.2) is 33.0 Å². The Morgan fingerprint density at radius 1 is 1.27 bits per heavy atom. The Morgan fingerprint density at radius 2 is 1.91 bits per heavy atom. The molecule has 0 amide bonds. The number of carbonyl (C=O) groups excluding carboxylic acids is 1. The van der Waals surface area contributed by atoms with Gasteiger partial charge in [-0.2, -0.15) is 0 Å². The van der Waals surface area contributed by atoms with Crippen molar-refractivity contribution in [2.75, 3.05) is 0 Å². The molecule has 0 aromatic carbocycles. The lowest BCUT2D eigenvalue weighted by Crippen LogP contribution is -2.74. The third-order valence-corrected chi connectivity index (χ3v) is 9.51. The normalized spacial score (nSPS) is 53.0. The number of aliphatic hydroxyl groups is 1. The van der Waals surface area contributed by atoms with Crippen molar-refractivity contribution in [2.24, 2.45) is 16.2 Å². The van der Waals surface area contributed by atoms with E-state index in [-0.39, 0.29) is 38.5 Å². The second kappa shape index (κ2) is 4.86. The van der Waals surface area contributed by atoms with Gasteiger partial charge < -0.3 is 9.84 Å². The van der Waals surface area contributed by atoms with E-state index in [1.165, 1.54) is 6.92 Å². The summed E-state index contributed by atoms with van der Waals surface area (Å²) in [5, 5.41) is 11.7. The van der Waals surface area contributed by atoms with Gasteiger partial charge in [0.25, 0.3) is 0 Å². The lowest BCUT2D eigenvalue weighted by Gasteiger charge is -2.72. The molecule has 0 aromatic rings. The molecule has 1 N–H and O–H groups in total. The fourth-order valence-corrected chi connectivity index (χ4v) is 6.88. The number of ether oxygens (including phenoxy) is 1. The Morgan fingerprint density at radius 3 is 2.45 bits per heavy atom. The van der Waals surface area contributed by atoms with Crippen LogP contribution in [0.1, 0.15) is 59.8 Å². The maximum atomic E-state index is 11.6. The van der Waals surface area contributed by atoms with Crippen LogP contribution in [0.25, 0.3) is 0 Å². The highest BCUT2D eigenvalue weighted by molar-refractivity contribution is 9.09. The molecule has 4 saturated carbocycles. The van der Waals surface area contributed by atoms with Gasteiger partial charge >= 0.3 is 5.97 Å². The molecule has 0 saturated heterocycles. The highest BCUT2D eigenvalue weighted by atomic mass is 79.9. The van der Waals surface area contributed by atoms with Gasteiger partial charge in [-0.05, 0) is 36.5 Å². The molecule has 0 aromatic heterocycles. The molecule has 4 rings (SSSR count). The molecule has 0 radical (unpaired) electrons. The molecule has 5 heteroatoms. The molecule has 6 atom stereocenters. The van der Waals surface area contributed by atoms with Gasteiger partial charge in [0.2, 0.25) is 0 Å². The minimum Gasteiger partial charge on any atom is -0.461 e. The Kier molecular flexibility index (Phi) is 3.76. The largest absolute Gasteiger partial charge is 0.461 e. The van der Waals surface area contributed by atoms with Crippen molar-refractivity contribution >= 4 is 33.5 Å². The van der Waals surface area contributed by atoms with Crippen LogP contribution < -0.4 is 0 Å². The average Bonchev–Trinajstić information content (AvgIpc) is 2.37. The van der Waals surface area contributed by atoms with Crippen LogP contribution in [0.3, 0.4) is 0 Å². The molecule has 3 nitrogen and oxygen atoms in total. The number of rotatable bonds is 1. The van der Waals surface area contributed by atoms with E-state index in [1.807, 2.05) is 0 Å². The standard InChI is InChI=1S/C17H26BrClO3/c1-10(20)22-11-7-17(21)9-15(4)5-6-16(17,8-12(15)19)14(2,3)13(11)18/h11-13,21H,5-9H2,1-4H3/t11-,12-,13-,15-,16-,17-/m0/s1. The first-order chi connectivity index (χ1) is 9.97. The number of carbonyl (C=O) groups is 1. The third-order valence-electron chi connectivity index (χ3n) is 7.10. The summed E-state index contributed by atoms with van der Waals surface area (Å²) in [7, 11) is 0. The predicted molar refractivity (Wildman–Crippen MR) is 90.3 cm³/mol. The van der Waals surface area contributed by atoms with E-state index in [4.69, 9.17) is 16.3 Å². The first-order valence-electron chi connectivity index (χ1n) is 8.15. The monoisotopic (exact) mass is 392 g/mol. The highest BCUT2D eigenvalue weighted by Crippen LogP contribution is 2.73. The molecule has 126 valence electrons. The van der Waals surface area contributed by atoms with Gasteiger partial charge in [-0.15, -0.1) is 11.6 Å². The fourth-order valence-electron chi connectivity index (χ4n) is 5.70. The Labute approximate surface area is 146 Å². The number of halogens is 2. The molecule has 0 aliphatic heterocycles. The summed E-state index contributed by atoms with van der Waals surface area (Å²) in [6.07, 6.45) is 3.81. The van der Waals surface area contributed by atoms with Crippen molar-refractivity contribution in [3.8, 4) is 0 Å². The van der Waals surface area contributed by atoms with E-state index in [0.717, 1.165) is 19.3 Å². The van der Waals surface area contributed by atoms with Gasteiger partial charge in [0, 0.05) is 24.1 Å².